The lowest BCUT2D eigenvalue weighted by atomic mass is 10.2. The van der Waals surface area contributed by atoms with Gasteiger partial charge in [0.15, 0.2) is 17.6 Å². The summed E-state index contributed by atoms with van der Waals surface area (Å²) in [5.74, 6) is -0.871. The van der Waals surface area contributed by atoms with Crippen LogP contribution in [0.5, 0.6) is 5.75 Å². The van der Waals surface area contributed by atoms with Crippen molar-refractivity contribution in [2.24, 2.45) is 4.99 Å². The molecule has 2 rings (SSSR count). The second-order valence-electron chi connectivity index (χ2n) is 5.91. The molecule has 9 heteroatoms. The summed E-state index contributed by atoms with van der Waals surface area (Å²) in [6.45, 7) is 3.69. The van der Waals surface area contributed by atoms with E-state index in [9.17, 15) is 8.78 Å². The van der Waals surface area contributed by atoms with E-state index in [0.717, 1.165) is 44.5 Å². The summed E-state index contributed by atoms with van der Waals surface area (Å²) < 4.78 is 42.3. The molecule has 27 heavy (non-hydrogen) atoms. The van der Waals surface area contributed by atoms with Gasteiger partial charge in [-0.15, -0.1) is 24.0 Å². The first-order valence-electron chi connectivity index (χ1n) is 8.90. The number of guanidine groups is 1. The van der Waals surface area contributed by atoms with Crippen molar-refractivity contribution in [1.29, 1.82) is 0 Å². The maximum atomic E-state index is 13.1. The molecule has 0 spiro atoms. The van der Waals surface area contributed by atoms with Crippen molar-refractivity contribution < 1.29 is 23.0 Å². The molecular formula is C18H28F2IN3O3. The second-order valence-corrected chi connectivity index (χ2v) is 5.91. The van der Waals surface area contributed by atoms with Crippen LogP contribution in [0.15, 0.2) is 23.2 Å². The van der Waals surface area contributed by atoms with Crippen LogP contribution in [0.1, 0.15) is 19.3 Å². The van der Waals surface area contributed by atoms with Crippen molar-refractivity contribution in [2.45, 2.75) is 25.4 Å². The number of nitrogens with zero attached hydrogens (tertiary/aromatic N) is 1. The fourth-order valence-electron chi connectivity index (χ4n) is 2.50. The van der Waals surface area contributed by atoms with Crippen LogP contribution in [-0.2, 0) is 9.47 Å². The summed E-state index contributed by atoms with van der Waals surface area (Å²) >= 11 is 0. The summed E-state index contributed by atoms with van der Waals surface area (Å²) in [4.78, 5) is 4.11. The van der Waals surface area contributed by atoms with E-state index in [4.69, 9.17) is 14.2 Å². The largest absolute Gasteiger partial charge is 0.492 e. The Morgan fingerprint density at radius 3 is 2.74 bits per heavy atom. The molecular weight excluding hydrogens is 471 g/mol. The van der Waals surface area contributed by atoms with E-state index in [1.807, 2.05) is 0 Å². The molecule has 1 aliphatic rings. The van der Waals surface area contributed by atoms with Crippen molar-refractivity contribution in [1.82, 2.24) is 10.6 Å². The quantitative estimate of drug-likeness (QED) is 0.225. The molecule has 1 fully saturated rings. The first-order valence-corrected chi connectivity index (χ1v) is 8.90. The Kier molecular flexibility index (Phi) is 12.3. The maximum Gasteiger partial charge on any atom is 0.191 e. The van der Waals surface area contributed by atoms with Crippen molar-refractivity contribution >= 4 is 29.9 Å². The van der Waals surface area contributed by atoms with E-state index >= 15 is 0 Å². The number of hydrogen-bond donors (Lipinski definition) is 2. The number of halogens is 3. The van der Waals surface area contributed by atoms with Crippen molar-refractivity contribution in [3.63, 3.8) is 0 Å². The van der Waals surface area contributed by atoms with Gasteiger partial charge >= 0.3 is 0 Å². The SMILES string of the molecule is CN=C(NCCCOCC1CCCO1)NCCOc1ccc(F)c(F)c1.I. The lowest BCUT2D eigenvalue weighted by molar-refractivity contribution is 0.0168. The maximum absolute atomic E-state index is 13.1. The highest BCUT2D eigenvalue weighted by molar-refractivity contribution is 14.0. The monoisotopic (exact) mass is 499 g/mol. The molecule has 0 aliphatic carbocycles. The molecule has 1 saturated heterocycles. The standard InChI is InChI=1S/C18H27F2N3O3.HI/c1-21-18(22-7-3-9-24-13-15-4-2-10-25-15)23-8-11-26-14-5-6-16(19)17(20)12-14;/h5-6,12,15H,2-4,7-11,13H2,1H3,(H2,21,22,23);1H. The Hall–Kier alpha value is -1.20. The van der Waals surface area contributed by atoms with Crippen LogP contribution in [0, 0.1) is 11.6 Å². The van der Waals surface area contributed by atoms with E-state index < -0.39 is 11.6 Å². The molecule has 1 unspecified atom stereocenters. The second kappa shape index (κ2) is 13.9. The minimum Gasteiger partial charge on any atom is -0.492 e. The first-order chi connectivity index (χ1) is 12.7. The van der Waals surface area contributed by atoms with Gasteiger partial charge in [0, 0.05) is 32.9 Å². The van der Waals surface area contributed by atoms with E-state index in [2.05, 4.69) is 15.6 Å². The number of nitrogens with one attached hydrogen (secondary N) is 2. The van der Waals surface area contributed by atoms with Crippen LogP contribution in [0.3, 0.4) is 0 Å². The summed E-state index contributed by atoms with van der Waals surface area (Å²) in [5.41, 5.74) is 0. The average molecular weight is 499 g/mol. The smallest absolute Gasteiger partial charge is 0.191 e. The van der Waals surface area contributed by atoms with Gasteiger partial charge in [-0.2, -0.15) is 0 Å². The first kappa shape index (κ1) is 23.8. The Labute approximate surface area is 176 Å². The number of ether oxygens (including phenoxy) is 3. The van der Waals surface area contributed by atoms with E-state index in [0.29, 0.717) is 32.3 Å². The molecule has 1 atom stereocenters. The highest BCUT2D eigenvalue weighted by atomic mass is 127. The van der Waals surface area contributed by atoms with E-state index in [-0.39, 0.29) is 35.8 Å². The minimum atomic E-state index is -0.922. The fraction of sp³-hybridized carbons (Fsp3) is 0.611. The Balaban J connectivity index is 0.00000364. The highest BCUT2D eigenvalue weighted by Crippen LogP contribution is 2.15. The van der Waals surface area contributed by atoms with Crippen LogP contribution in [0.2, 0.25) is 0 Å². The van der Waals surface area contributed by atoms with Crippen LogP contribution < -0.4 is 15.4 Å². The lowest BCUT2D eigenvalue weighted by Gasteiger charge is -2.13. The Morgan fingerprint density at radius 2 is 2.04 bits per heavy atom. The highest BCUT2D eigenvalue weighted by Gasteiger charge is 2.14. The van der Waals surface area contributed by atoms with Gasteiger partial charge in [-0.3, -0.25) is 4.99 Å². The minimum absolute atomic E-state index is 0. The molecule has 1 aliphatic heterocycles. The van der Waals surface area contributed by atoms with Gasteiger partial charge in [-0.1, -0.05) is 0 Å². The van der Waals surface area contributed by atoms with Gasteiger partial charge in [-0.05, 0) is 31.4 Å². The van der Waals surface area contributed by atoms with Gasteiger partial charge in [0.2, 0.25) is 0 Å². The topological polar surface area (TPSA) is 64.1 Å². The molecule has 2 N–H and O–H groups in total. The predicted octanol–water partition coefficient (Wildman–Crippen LogP) is 2.71. The zero-order valence-electron chi connectivity index (χ0n) is 15.5. The molecule has 1 aromatic rings. The van der Waals surface area contributed by atoms with Gasteiger partial charge in [0.25, 0.3) is 0 Å². The Morgan fingerprint density at radius 1 is 1.22 bits per heavy atom. The molecule has 1 aromatic carbocycles. The van der Waals surface area contributed by atoms with E-state index in [1.54, 1.807) is 7.05 Å². The number of aliphatic imine (C=N–C) groups is 1. The van der Waals surface area contributed by atoms with Crippen LogP contribution in [0.25, 0.3) is 0 Å². The third-order valence-electron chi connectivity index (χ3n) is 3.86. The zero-order chi connectivity index (χ0) is 18.6. The van der Waals surface area contributed by atoms with Crippen molar-refractivity contribution in [3.8, 4) is 5.75 Å². The molecule has 0 amide bonds. The third kappa shape index (κ3) is 9.52. The lowest BCUT2D eigenvalue weighted by Crippen LogP contribution is -2.40. The summed E-state index contributed by atoms with van der Waals surface area (Å²) in [6.07, 6.45) is 3.32. The molecule has 0 bridgehead atoms. The van der Waals surface area contributed by atoms with Crippen LogP contribution in [0.4, 0.5) is 8.78 Å². The summed E-state index contributed by atoms with van der Waals surface area (Å²) in [7, 11) is 1.68. The van der Waals surface area contributed by atoms with Gasteiger partial charge in [0.05, 0.1) is 19.3 Å². The van der Waals surface area contributed by atoms with Gasteiger partial charge in [0.1, 0.15) is 12.4 Å². The molecule has 0 radical (unpaired) electrons. The van der Waals surface area contributed by atoms with Crippen molar-refractivity contribution in [2.75, 3.05) is 46.6 Å². The van der Waals surface area contributed by atoms with Crippen LogP contribution >= 0.6 is 24.0 Å². The third-order valence-corrected chi connectivity index (χ3v) is 3.86. The normalized spacial score (nSPS) is 16.7. The Bertz CT molecular complexity index is 573. The number of benzene rings is 1. The molecule has 6 nitrogen and oxygen atoms in total. The van der Waals surface area contributed by atoms with Crippen molar-refractivity contribution in [3.05, 3.63) is 29.8 Å². The molecule has 0 saturated carbocycles. The number of rotatable bonds is 10. The van der Waals surface area contributed by atoms with E-state index in [1.165, 1.54) is 6.07 Å². The summed E-state index contributed by atoms with van der Waals surface area (Å²) in [6, 6.07) is 3.46. The van der Waals surface area contributed by atoms with Gasteiger partial charge in [-0.25, -0.2) is 8.78 Å². The van der Waals surface area contributed by atoms with Crippen LogP contribution in [-0.4, -0.2) is 58.6 Å². The van der Waals surface area contributed by atoms with Gasteiger partial charge < -0.3 is 24.8 Å². The molecule has 1 heterocycles. The summed E-state index contributed by atoms with van der Waals surface area (Å²) in [5, 5.41) is 6.26. The molecule has 0 aromatic heterocycles. The fourth-order valence-corrected chi connectivity index (χ4v) is 2.50. The zero-order valence-corrected chi connectivity index (χ0v) is 17.8. The predicted molar refractivity (Wildman–Crippen MR) is 111 cm³/mol. The molecule has 154 valence electrons. The average Bonchev–Trinajstić information content (AvgIpc) is 3.16. The number of hydrogen-bond acceptors (Lipinski definition) is 4.